The Morgan fingerprint density at radius 2 is 1.83 bits per heavy atom. The molecule has 0 fully saturated rings. The van der Waals surface area contributed by atoms with Crippen LogP contribution in [0.15, 0.2) is 29.3 Å². The van der Waals surface area contributed by atoms with Crippen molar-refractivity contribution in [2.24, 2.45) is 4.99 Å². The lowest BCUT2D eigenvalue weighted by Gasteiger charge is -2.21. The fourth-order valence-electron chi connectivity index (χ4n) is 3.97. The smallest absolute Gasteiger partial charge is 0.308 e. The summed E-state index contributed by atoms with van der Waals surface area (Å²) in [6.07, 6.45) is 0.0432. The maximum absolute atomic E-state index is 12.8. The van der Waals surface area contributed by atoms with Gasteiger partial charge in [0.2, 0.25) is 0 Å². The number of amides is 1. The van der Waals surface area contributed by atoms with Crippen molar-refractivity contribution in [1.82, 2.24) is 20.1 Å². The van der Waals surface area contributed by atoms with E-state index in [0.717, 1.165) is 33.2 Å². The molecule has 3 aromatic rings. The topological polar surface area (TPSA) is 98.5 Å². The Balaban J connectivity index is 1.84. The number of fused-ring (bicyclic) bond motifs is 3. The van der Waals surface area contributed by atoms with Gasteiger partial charge >= 0.3 is 5.97 Å². The summed E-state index contributed by atoms with van der Waals surface area (Å²) >= 11 is 1.66. The molecule has 1 atom stereocenters. The quantitative estimate of drug-likeness (QED) is 0.431. The van der Waals surface area contributed by atoms with Crippen LogP contribution in [0.2, 0.25) is 0 Å². The van der Waals surface area contributed by atoms with Gasteiger partial charge < -0.3 is 10.1 Å². The van der Waals surface area contributed by atoms with E-state index in [2.05, 4.69) is 41.2 Å². The Morgan fingerprint density at radius 3 is 2.47 bits per heavy atom. The van der Waals surface area contributed by atoms with Crippen molar-refractivity contribution < 1.29 is 14.3 Å². The highest BCUT2D eigenvalue weighted by atomic mass is 32.1. The van der Waals surface area contributed by atoms with Crippen LogP contribution >= 0.6 is 11.3 Å². The van der Waals surface area contributed by atoms with Crippen LogP contribution in [-0.2, 0) is 14.3 Å². The minimum atomic E-state index is -0.601. The fourth-order valence-corrected chi connectivity index (χ4v) is 5.18. The molecular formula is C27H29N5O3S. The van der Waals surface area contributed by atoms with Crippen LogP contribution in [0.5, 0.6) is 0 Å². The third-order valence-corrected chi connectivity index (χ3v) is 6.92. The van der Waals surface area contributed by atoms with Crippen LogP contribution in [0.4, 0.5) is 0 Å². The summed E-state index contributed by atoms with van der Waals surface area (Å²) in [5.41, 5.74) is 3.89. The number of nitrogens with zero attached hydrogens (tertiary/aromatic N) is 4. The van der Waals surface area contributed by atoms with E-state index in [0.29, 0.717) is 11.4 Å². The summed E-state index contributed by atoms with van der Waals surface area (Å²) < 4.78 is 7.61. The number of carbonyl (C=O) groups excluding carboxylic acids is 2. The molecule has 0 radical (unpaired) electrons. The van der Waals surface area contributed by atoms with Gasteiger partial charge in [0.15, 0.2) is 5.82 Å². The van der Waals surface area contributed by atoms with Gasteiger partial charge in [0.05, 0.1) is 12.1 Å². The maximum atomic E-state index is 12.8. The second-order valence-electron chi connectivity index (χ2n) is 9.59. The van der Waals surface area contributed by atoms with Gasteiger partial charge in [0.25, 0.3) is 5.91 Å². The molecule has 0 spiro atoms. The monoisotopic (exact) mass is 503 g/mol. The van der Waals surface area contributed by atoms with Crippen LogP contribution < -0.4 is 5.32 Å². The number of hydrogen-bond donors (Lipinski definition) is 1. The van der Waals surface area contributed by atoms with E-state index in [1.807, 2.05) is 56.5 Å². The van der Waals surface area contributed by atoms with E-state index in [9.17, 15) is 9.59 Å². The molecule has 0 aliphatic carbocycles. The molecule has 3 heterocycles. The standard InChI is InChI=1S/C27H29N5O3S/c1-15-16(2)36-26-23(15)24(19-11-8-18(9-12-19)10-13-21(33)28-7)29-20(14-22(34)35-27(4,5)6)25-31-30-17(3)32(25)26/h8-9,11-12,20H,14H2,1-7H3,(H,28,33)/t20-/m0/s1. The highest BCUT2D eigenvalue weighted by molar-refractivity contribution is 7.15. The highest BCUT2D eigenvalue weighted by Gasteiger charge is 2.33. The first-order chi connectivity index (χ1) is 17.0. The van der Waals surface area contributed by atoms with Crippen LogP contribution in [0.25, 0.3) is 5.00 Å². The number of thiophene rings is 1. The number of rotatable bonds is 3. The lowest BCUT2D eigenvalue weighted by atomic mass is 9.98. The first kappa shape index (κ1) is 25.3. The number of benzene rings is 1. The van der Waals surface area contributed by atoms with Gasteiger partial charge in [0, 0.05) is 34.5 Å². The fraction of sp³-hybridized carbons (Fsp3) is 0.370. The van der Waals surface area contributed by atoms with Crippen molar-refractivity contribution in [2.75, 3.05) is 7.05 Å². The van der Waals surface area contributed by atoms with Gasteiger partial charge in [0.1, 0.15) is 22.5 Å². The second kappa shape index (κ2) is 9.70. The molecule has 186 valence electrons. The molecule has 4 rings (SSSR count). The van der Waals surface area contributed by atoms with Crippen LogP contribution in [0.1, 0.15) is 72.0 Å². The molecule has 1 aromatic carbocycles. The van der Waals surface area contributed by atoms with Crippen molar-refractivity contribution in [3.8, 4) is 16.8 Å². The van der Waals surface area contributed by atoms with E-state index in [4.69, 9.17) is 9.73 Å². The largest absolute Gasteiger partial charge is 0.460 e. The second-order valence-corrected chi connectivity index (χ2v) is 10.8. The number of esters is 1. The van der Waals surface area contributed by atoms with Crippen LogP contribution in [0.3, 0.4) is 0 Å². The summed E-state index contributed by atoms with van der Waals surface area (Å²) in [6, 6.07) is 7.03. The molecule has 36 heavy (non-hydrogen) atoms. The molecular weight excluding hydrogens is 474 g/mol. The Bertz CT molecular complexity index is 1430. The molecule has 9 heteroatoms. The first-order valence-electron chi connectivity index (χ1n) is 11.6. The number of hydrogen-bond acceptors (Lipinski definition) is 7. The summed E-state index contributed by atoms with van der Waals surface area (Å²) in [6.45, 7) is 11.6. The van der Waals surface area contributed by atoms with Gasteiger partial charge in [-0.2, -0.15) is 0 Å². The molecule has 2 aromatic heterocycles. The van der Waals surface area contributed by atoms with E-state index in [1.165, 1.54) is 4.88 Å². The molecule has 1 amide bonds. The molecule has 1 N–H and O–H groups in total. The Labute approximate surface area is 214 Å². The average molecular weight is 504 g/mol. The van der Waals surface area contributed by atoms with Gasteiger partial charge in [-0.1, -0.05) is 18.1 Å². The minimum absolute atomic E-state index is 0.0432. The molecule has 0 saturated heterocycles. The van der Waals surface area contributed by atoms with Crippen LogP contribution in [-0.4, -0.2) is 45.0 Å². The minimum Gasteiger partial charge on any atom is -0.460 e. The molecule has 1 aliphatic heterocycles. The van der Waals surface area contributed by atoms with Crippen molar-refractivity contribution in [3.63, 3.8) is 0 Å². The zero-order valence-corrected chi connectivity index (χ0v) is 22.3. The van der Waals surface area contributed by atoms with E-state index in [-0.39, 0.29) is 18.3 Å². The van der Waals surface area contributed by atoms with Gasteiger partial charge in [-0.3, -0.25) is 19.1 Å². The zero-order chi connectivity index (χ0) is 26.2. The van der Waals surface area contributed by atoms with Crippen molar-refractivity contribution >= 4 is 28.9 Å². The number of ether oxygens (including phenoxy) is 1. The summed E-state index contributed by atoms with van der Waals surface area (Å²) in [4.78, 5) is 30.6. The zero-order valence-electron chi connectivity index (χ0n) is 21.5. The number of aryl methyl sites for hydroxylation is 2. The van der Waals surface area contributed by atoms with Gasteiger partial charge in [-0.25, -0.2) is 0 Å². The molecule has 8 nitrogen and oxygen atoms in total. The van der Waals surface area contributed by atoms with E-state index in [1.54, 1.807) is 18.4 Å². The molecule has 0 saturated carbocycles. The summed E-state index contributed by atoms with van der Waals surface area (Å²) in [7, 11) is 1.54. The van der Waals surface area contributed by atoms with Crippen LogP contribution in [0, 0.1) is 32.6 Å². The van der Waals surface area contributed by atoms with Gasteiger partial charge in [-0.05, 0) is 59.2 Å². The first-order valence-corrected chi connectivity index (χ1v) is 12.5. The highest BCUT2D eigenvalue weighted by Crippen LogP contribution is 2.39. The number of aliphatic imine (C=N–C) groups is 1. The Kier molecular flexibility index (Phi) is 6.83. The summed E-state index contributed by atoms with van der Waals surface area (Å²) in [5, 5.41) is 12.2. The SMILES string of the molecule is CNC(=O)C#Cc1ccc(C2=N[C@@H](CC(=O)OC(C)(C)C)c3nnc(C)n3-c3sc(C)c(C)c32)cc1. The number of aromatic nitrogens is 3. The lowest BCUT2D eigenvalue weighted by Crippen LogP contribution is -2.25. The molecule has 0 unspecified atom stereocenters. The predicted octanol–water partition coefficient (Wildman–Crippen LogP) is 3.98. The van der Waals surface area contributed by atoms with Crippen molar-refractivity contribution in [1.29, 1.82) is 0 Å². The number of nitrogens with one attached hydrogen (secondary N) is 1. The Morgan fingerprint density at radius 1 is 1.14 bits per heavy atom. The predicted molar refractivity (Wildman–Crippen MR) is 140 cm³/mol. The number of carbonyl (C=O) groups is 2. The lowest BCUT2D eigenvalue weighted by molar-refractivity contribution is -0.155. The van der Waals surface area contributed by atoms with E-state index < -0.39 is 11.6 Å². The third-order valence-electron chi connectivity index (χ3n) is 5.73. The normalized spacial score (nSPS) is 14.5. The maximum Gasteiger partial charge on any atom is 0.308 e. The van der Waals surface area contributed by atoms with E-state index >= 15 is 0 Å². The van der Waals surface area contributed by atoms with Crippen molar-refractivity contribution in [2.45, 2.75) is 59.6 Å². The summed E-state index contributed by atoms with van der Waals surface area (Å²) in [5.74, 6) is 6.07. The van der Waals surface area contributed by atoms with Gasteiger partial charge in [-0.15, -0.1) is 21.5 Å². The average Bonchev–Trinajstić information content (AvgIpc) is 3.28. The molecule has 0 bridgehead atoms. The van der Waals surface area contributed by atoms with Crippen molar-refractivity contribution in [3.05, 3.63) is 63.0 Å². The molecule has 1 aliphatic rings. The Hall–Kier alpha value is -3.77. The third kappa shape index (κ3) is 5.09.